The van der Waals surface area contributed by atoms with E-state index in [2.05, 4.69) is 9.62 Å². The van der Waals surface area contributed by atoms with E-state index in [1.54, 1.807) is 24.3 Å². The topological polar surface area (TPSA) is 69.7 Å². The van der Waals surface area contributed by atoms with Gasteiger partial charge < -0.3 is 4.90 Å². The predicted molar refractivity (Wildman–Crippen MR) is 89.7 cm³/mol. The van der Waals surface area contributed by atoms with Crippen molar-refractivity contribution in [1.82, 2.24) is 14.5 Å². The predicted octanol–water partition coefficient (Wildman–Crippen LogP) is 0.828. The molecule has 0 radical (unpaired) electrons. The second-order valence-electron chi connectivity index (χ2n) is 5.79. The molecule has 128 valence electrons. The van der Waals surface area contributed by atoms with Crippen molar-refractivity contribution in [2.45, 2.75) is 25.2 Å². The third-order valence-electron chi connectivity index (χ3n) is 4.08. The van der Waals surface area contributed by atoms with E-state index in [0.717, 1.165) is 31.7 Å². The van der Waals surface area contributed by atoms with Gasteiger partial charge in [-0.3, -0.25) is 9.69 Å². The van der Waals surface area contributed by atoms with Crippen LogP contribution in [0, 0.1) is 6.92 Å². The van der Waals surface area contributed by atoms with Crippen LogP contribution in [-0.2, 0) is 14.8 Å². The molecule has 0 aliphatic carbocycles. The number of rotatable bonds is 6. The van der Waals surface area contributed by atoms with Gasteiger partial charge in [-0.15, -0.1) is 0 Å². The molecule has 1 aromatic rings. The lowest BCUT2D eigenvalue weighted by atomic mass is 10.2. The number of hydrogen-bond acceptors (Lipinski definition) is 4. The zero-order chi connectivity index (χ0) is 16.9. The van der Waals surface area contributed by atoms with Crippen molar-refractivity contribution in [2.75, 3.05) is 39.3 Å². The highest BCUT2D eigenvalue weighted by Crippen LogP contribution is 2.09. The molecule has 2 rings (SSSR count). The van der Waals surface area contributed by atoms with Crippen molar-refractivity contribution in [3.8, 4) is 0 Å². The number of nitrogens with zero attached hydrogens (tertiary/aromatic N) is 2. The van der Waals surface area contributed by atoms with Crippen LogP contribution >= 0.6 is 0 Å². The summed E-state index contributed by atoms with van der Waals surface area (Å²) in [5.74, 6) is 0.185. The van der Waals surface area contributed by atoms with Crippen LogP contribution < -0.4 is 4.72 Å². The quantitative estimate of drug-likeness (QED) is 0.833. The summed E-state index contributed by atoms with van der Waals surface area (Å²) < 4.78 is 27.0. The first-order valence-corrected chi connectivity index (χ1v) is 9.47. The molecule has 1 amide bonds. The van der Waals surface area contributed by atoms with Gasteiger partial charge in [0.05, 0.1) is 4.90 Å². The van der Waals surface area contributed by atoms with E-state index in [4.69, 9.17) is 0 Å². The van der Waals surface area contributed by atoms with E-state index in [1.165, 1.54) is 0 Å². The third kappa shape index (κ3) is 5.02. The number of piperazine rings is 1. The molecule has 6 nitrogen and oxygen atoms in total. The minimum Gasteiger partial charge on any atom is -0.340 e. The molecule has 0 unspecified atom stereocenters. The Hall–Kier alpha value is -1.44. The summed E-state index contributed by atoms with van der Waals surface area (Å²) in [6.45, 7) is 7.84. The molecule has 1 aromatic carbocycles. The minimum absolute atomic E-state index is 0.185. The zero-order valence-electron chi connectivity index (χ0n) is 13.8. The molecular weight excluding hydrogens is 314 g/mol. The fraction of sp³-hybridized carbons (Fsp3) is 0.562. The number of hydrogen-bond donors (Lipinski definition) is 1. The van der Waals surface area contributed by atoms with Crippen LogP contribution in [0.15, 0.2) is 29.2 Å². The van der Waals surface area contributed by atoms with Crippen molar-refractivity contribution in [3.05, 3.63) is 29.8 Å². The van der Waals surface area contributed by atoms with E-state index in [-0.39, 0.29) is 5.91 Å². The largest absolute Gasteiger partial charge is 0.340 e. The van der Waals surface area contributed by atoms with Gasteiger partial charge in [0.2, 0.25) is 15.9 Å². The lowest BCUT2D eigenvalue weighted by Gasteiger charge is -2.34. The van der Waals surface area contributed by atoms with Gasteiger partial charge in [0, 0.05) is 45.7 Å². The highest BCUT2D eigenvalue weighted by molar-refractivity contribution is 7.89. The van der Waals surface area contributed by atoms with E-state index in [1.807, 2.05) is 18.7 Å². The Labute approximate surface area is 138 Å². The summed E-state index contributed by atoms with van der Waals surface area (Å²) in [5.41, 5.74) is 1.03. The van der Waals surface area contributed by atoms with Crippen LogP contribution in [0.4, 0.5) is 0 Å². The van der Waals surface area contributed by atoms with Crippen molar-refractivity contribution in [2.24, 2.45) is 0 Å². The summed E-state index contributed by atoms with van der Waals surface area (Å²) in [6.07, 6.45) is 0.538. The zero-order valence-corrected chi connectivity index (χ0v) is 14.6. The molecule has 7 heteroatoms. The molecule has 0 spiro atoms. The van der Waals surface area contributed by atoms with Crippen molar-refractivity contribution in [3.63, 3.8) is 0 Å². The Balaban J connectivity index is 1.77. The number of carbonyl (C=O) groups is 1. The molecule has 0 atom stereocenters. The van der Waals surface area contributed by atoms with Crippen molar-refractivity contribution < 1.29 is 13.2 Å². The van der Waals surface area contributed by atoms with E-state index in [9.17, 15) is 13.2 Å². The van der Waals surface area contributed by atoms with Gasteiger partial charge in [0.25, 0.3) is 0 Å². The first-order valence-electron chi connectivity index (χ1n) is 7.99. The SMILES string of the molecule is CCC(=O)N1CCN(CCNS(=O)(=O)c2ccc(C)cc2)CC1. The standard InChI is InChI=1S/C16H25N3O3S/c1-3-16(20)19-12-10-18(11-13-19)9-8-17-23(21,22)15-6-4-14(2)5-7-15/h4-7,17H,3,8-13H2,1-2H3. The Bertz CT molecular complexity index is 620. The maximum atomic E-state index is 12.2. The maximum Gasteiger partial charge on any atom is 0.240 e. The van der Waals surface area contributed by atoms with E-state index in [0.29, 0.717) is 24.4 Å². The highest BCUT2D eigenvalue weighted by Gasteiger charge is 2.20. The molecule has 1 saturated heterocycles. The fourth-order valence-electron chi connectivity index (χ4n) is 2.58. The van der Waals surface area contributed by atoms with Gasteiger partial charge in [0.15, 0.2) is 0 Å². The smallest absolute Gasteiger partial charge is 0.240 e. The molecule has 1 heterocycles. The maximum absolute atomic E-state index is 12.2. The lowest BCUT2D eigenvalue weighted by Crippen LogP contribution is -2.50. The van der Waals surface area contributed by atoms with Gasteiger partial charge in [-0.2, -0.15) is 0 Å². The van der Waals surface area contributed by atoms with Crippen LogP contribution in [0.1, 0.15) is 18.9 Å². The summed E-state index contributed by atoms with van der Waals surface area (Å²) >= 11 is 0. The highest BCUT2D eigenvalue weighted by atomic mass is 32.2. The second kappa shape index (κ2) is 7.90. The number of aryl methyl sites for hydroxylation is 1. The number of amides is 1. The van der Waals surface area contributed by atoms with Crippen LogP contribution in [0.3, 0.4) is 0 Å². The molecular formula is C16H25N3O3S. The summed E-state index contributed by atoms with van der Waals surface area (Å²) in [4.78, 5) is 16.0. The number of sulfonamides is 1. The van der Waals surface area contributed by atoms with Crippen LogP contribution in [0.5, 0.6) is 0 Å². The fourth-order valence-corrected chi connectivity index (χ4v) is 3.60. The summed E-state index contributed by atoms with van der Waals surface area (Å²) in [7, 11) is -3.45. The Kier molecular flexibility index (Phi) is 6.15. The molecule has 1 aliphatic heterocycles. The first-order chi connectivity index (χ1) is 10.9. The monoisotopic (exact) mass is 339 g/mol. The van der Waals surface area contributed by atoms with Crippen LogP contribution in [0.2, 0.25) is 0 Å². The summed E-state index contributed by atoms with van der Waals surface area (Å²) in [5, 5.41) is 0. The molecule has 0 aromatic heterocycles. The van der Waals surface area contributed by atoms with Crippen molar-refractivity contribution in [1.29, 1.82) is 0 Å². The molecule has 1 fully saturated rings. The van der Waals surface area contributed by atoms with Crippen LogP contribution in [-0.4, -0.2) is 63.4 Å². The van der Waals surface area contributed by atoms with Gasteiger partial charge in [0.1, 0.15) is 0 Å². The normalized spacial score (nSPS) is 16.5. The van der Waals surface area contributed by atoms with E-state index < -0.39 is 10.0 Å². The lowest BCUT2D eigenvalue weighted by molar-refractivity contribution is -0.132. The summed E-state index contributed by atoms with van der Waals surface area (Å²) in [6, 6.07) is 6.82. The molecule has 1 aliphatic rings. The van der Waals surface area contributed by atoms with Gasteiger partial charge in [-0.05, 0) is 19.1 Å². The molecule has 23 heavy (non-hydrogen) atoms. The minimum atomic E-state index is -3.45. The average Bonchev–Trinajstić information content (AvgIpc) is 2.55. The second-order valence-corrected chi connectivity index (χ2v) is 7.55. The molecule has 1 N–H and O–H groups in total. The van der Waals surface area contributed by atoms with Crippen LogP contribution in [0.25, 0.3) is 0 Å². The Morgan fingerprint density at radius 3 is 2.30 bits per heavy atom. The number of benzene rings is 1. The van der Waals surface area contributed by atoms with E-state index >= 15 is 0 Å². The molecule has 0 saturated carbocycles. The van der Waals surface area contributed by atoms with Gasteiger partial charge in [-0.1, -0.05) is 24.6 Å². The third-order valence-corrected chi connectivity index (χ3v) is 5.56. The first kappa shape index (κ1) is 17.9. The van der Waals surface area contributed by atoms with Gasteiger partial charge in [-0.25, -0.2) is 13.1 Å². The average molecular weight is 339 g/mol. The number of nitrogens with one attached hydrogen (secondary N) is 1. The van der Waals surface area contributed by atoms with Crippen molar-refractivity contribution >= 4 is 15.9 Å². The number of carbonyl (C=O) groups excluding carboxylic acids is 1. The Morgan fingerprint density at radius 1 is 1.13 bits per heavy atom. The van der Waals surface area contributed by atoms with Gasteiger partial charge >= 0.3 is 0 Å². The Morgan fingerprint density at radius 2 is 1.74 bits per heavy atom. The molecule has 0 bridgehead atoms.